The largest absolute Gasteiger partial charge is 0.484 e. The number of hydrogen-bond donors (Lipinski definition) is 1. The SMILES string of the molecule is CCOC(=O)c1ccc(C)c(NC(=O)COc2cccc(Cl)c2)c1. The Morgan fingerprint density at radius 1 is 1.17 bits per heavy atom. The summed E-state index contributed by atoms with van der Waals surface area (Å²) in [6, 6.07) is 11.8. The second-order valence-corrected chi connectivity index (χ2v) is 5.48. The van der Waals surface area contributed by atoms with Crippen LogP contribution in [0.3, 0.4) is 0 Å². The molecule has 0 spiro atoms. The van der Waals surface area contributed by atoms with E-state index in [1.807, 2.05) is 6.92 Å². The van der Waals surface area contributed by atoms with Gasteiger partial charge in [-0.3, -0.25) is 4.79 Å². The summed E-state index contributed by atoms with van der Waals surface area (Å²) in [5, 5.41) is 3.26. The molecular weight excluding hydrogens is 330 g/mol. The van der Waals surface area contributed by atoms with E-state index in [1.165, 1.54) is 0 Å². The molecule has 0 aliphatic rings. The zero-order valence-electron chi connectivity index (χ0n) is 13.5. The van der Waals surface area contributed by atoms with Gasteiger partial charge in [0.2, 0.25) is 0 Å². The molecule has 0 heterocycles. The molecular formula is C18H18ClNO4. The molecule has 2 aromatic carbocycles. The molecule has 6 heteroatoms. The molecule has 0 aliphatic heterocycles. The summed E-state index contributed by atoms with van der Waals surface area (Å²) >= 11 is 5.86. The molecule has 0 saturated heterocycles. The minimum Gasteiger partial charge on any atom is -0.484 e. The number of hydrogen-bond acceptors (Lipinski definition) is 4. The van der Waals surface area contributed by atoms with E-state index >= 15 is 0 Å². The Morgan fingerprint density at radius 2 is 1.96 bits per heavy atom. The van der Waals surface area contributed by atoms with Crippen LogP contribution in [0.4, 0.5) is 5.69 Å². The topological polar surface area (TPSA) is 64.6 Å². The molecule has 1 N–H and O–H groups in total. The van der Waals surface area contributed by atoms with Crippen molar-refractivity contribution in [3.8, 4) is 5.75 Å². The van der Waals surface area contributed by atoms with Gasteiger partial charge >= 0.3 is 5.97 Å². The zero-order valence-corrected chi connectivity index (χ0v) is 14.2. The minimum absolute atomic E-state index is 0.163. The Kier molecular flexibility index (Phi) is 6.21. The highest BCUT2D eigenvalue weighted by atomic mass is 35.5. The van der Waals surface area contributed by atoms with E-state index in [-0.39, 0.29) is 12.5 Å². The number of nitrogens with one attached hydrogen (secondary N) is 1. The van der Waals surface area contributed by atoms with Gasteiger partial charge in [0.15, 0.2) is 6.61 Å². The van der Waals surface area contributed by atoms with Gasteiger partial charge in [-0.15, -0.1) is 0 Å². The van der Waals surface area contributed by atoms with Gasteiger partial charge < -0.3 is 14.8 Å². The summed E-state index contributed by atoms with van der Waals surface area (Å²) < 4.78 is 10.3. The number of halogens is 1. The maximum atomic E-state index is 12.0. The van der Waals surface area contributed by atoms with Crippen molar-refractivity contribution >= 4 is 29.2 Å². The molecule has 0 bridgehead atoms. The minimum atomic E-state index is -0.428. The van der Waals surface area contributed by atoms with Gasteiger partial charge in [-0.25, -0.2) is 4.79 Å². The fourth-order valence-electron chi connectivity index (χ4n) is 1.99. The van der Waals surface area contributed by atoms with Crippen molar-refractivity contribution in [2.24, 2.45) is 0 Å². The number of carbonyl (C=O) groups excluding carboxylic acids is 2. The van der Waals surface area contributed by atoms with Crippen LogP contribution in [0.1, 0.15) is 22.8 Å². The zero-order chi connectivity index (χ0) is 17.5. The Labute approximate surface area is 145 Å². The molecule has 126 valence electrons. The maximum Gasteiger partial charge on any atom is 0.338 e. The number of esters is 1. The lowest BCUT2D eigenvalue weighted by molar-refractivity contribution is -0.118. The normalized spacial score (nSPS) is 10.1. The molecule has 2 rings (SSSR count). The second kappa shape index (κ2) is 8.36. The first-order valence-corrected chi connectivity index (χ1v) is 7.83. The van der Waals surface area contributed by atoms with Crippen LogP contribution in [-0.4, -0.2) is 25.1 Å². The van der Waals surface area contributed by atoms with E-state index in [9.17, 15) is 9.59 Å². The van der Waals surface area contributed by atoms with Crippen molar-refractivity contribution in [2.75, 3.05) is 18.5 Å². The third-order valence-corrected chi connectivity index (χ3v) is 3.42. The van der Waals surface area contributed by atoms with Gasteiger partial charge in [0.05, 0.1) is 12.2 Å². The van der Waals surface area contributed by atoms with Crippen LogP contribution in [-0.2, 0) is 9.53 Å². The number of rotatable bonds is 6. The van der Waals surface area contributed by atoms with Crippen LogP contribution in [0.2, 0.25) is 5.02 Å². The number of benzene rings is 2. The Hall–Kier alpha value is -2.53. The summed E-state index contributed by atoms with van der Waals surface area (Å²) in [4.78, 5) is 23.8. The van der Waals surface area contributed by atoms with Crippen molar-refractivity contribution < 1.29 is 19.1 Å². The first-order valence-electron chi connectivity index (χ1n) is 7.45. The molecule has 5 nitrogen and oxygen atoms in total. The summed E-state index contributed by atoms with van der Waals surface area (Å²) in [6.07, 6.45) is 0. The molecule has 2 aromatic rings. The van der Waals surface area contributed by atoms with Gasteiger partial charge in [-0.05, 0) is 49.7 Å². The van der Waals surface area contributed by atoms with E-state index < -0.39 is 5.97 Å². The molecule has 0 unspecified atom stereocenters. The van der Waals surface area contributed by atoms with Crippen molar-refractivity contribution in [3.05, 3.63) is 58.6 Å². The number of anilines is 1. The fourth-order valence-corrected chi connectivity index (χ4v) is 2.17. The fraction of sp³-hybridized carbons (Fsp3) is 0.222. The standard InChI is InChI=1S/C18H18ClNO4/c1-3-23-18(22)13-8-7-12(2)16(9-13)20-17(21)11-24-15-6-4-5-14(19)10-15/h4-10H,3,11H2,1-2H3,(H,20,21). The van der Waals surface area contributed by atoms with E-state index in [0.717, 1.165) is 5.56 Å². The molecule has 0 aromatic heterocycles. The number of aryl methyl sites for hydroxylation is 1. The van der Waals surface area contributed by atoms with Crippen LogP contribution in [0.25, 0.3) is 0 Å². The lowest BCUT2D eigenvalue weighted by Crippen LogP contribution is -2.21. The quantitative estimate of drug-likeness (QED) is 0.806. The monoisotopic (exact) mass is 347 g/mol. The van der Waals surface area contributed by atoms with Gasteiger partial charge in [-0.1, -0.05) is 23.7 Å². The van der Waals surface area contributed by atoms with Gasteiger partial charge in [-0.2, -0.15) is 0 Å². The molecule has 0 aliphatic carbocycles. The Bertz CT molecular complexity index is 746. The third kappa shape index (κ3) is 4.99. The second-order valence-electron chi connectivity index (χ2n) is 5.04. The van der Waals surface area contributed by atoms with Gasteiger partial charge in [0.25, 0.3) is 5.91 Å². The predicted molar refractivity (Wildman–Crippen MR) is 92.7 cm³/mol. The van der Waals surface area contributed by atoms with Crippen LogP contribution >= 0.6 is 11.6 Å². The highest BCUT2D eigenvalue weighted by Crippen LogP contribution is 2.19. The molecule has 0 radical (unpaired) electrons. The van der Waals surface area contributed by atoms with Gasteiger partial charge in [0, 0.05) is 10.7 Å². The first-order chi connectivity index (χ1) is 11.5. The van der Waals surface area contributed by atoms with Crippen molar-refractivity contribution in [1.82, 2.24) is 0 Å². The van der Waals surface area contributed by atoms with Crippen LogP contribution < -0.4 is 10.1 Å². The summed E-state index contributed by atoms with van der Waals surface area (Å²) in [6.45, 7) is 3.70. The summed E-state index contributed by atoms with van der Waals surface area (Å²) in [7, 11) is 0. The van der Waals surface area contributed by atoms with Crippen LogP contribution in [0, 0.1) is 6.92 Å². The van der Waals surface area contributed by atoms with Gasteiger partial charge in [0.1, 0.15) is 5.75 Å². The lowest BCUT2D eigenvalue weighted by atomic mass is 10.1. The number of carbonyl (C=O) groups is 2. The first kappa shape index (κ1) is 17.8. The molecule has 1 amide bonds. The van der Waals surface area contributed by atoms with E-state index in [0.29, 0.717) is 28.6 Å². The van der Waals surface area contributed by atoms with E-state index in [1.54, 1.807) is 49.4 Å². The molecule has 0 saturated carbocycles. The molecule has 0 atom stereocenters. The summed E-state index contributed by atoms with van der Waals surface area (Å²) in [5.41, 5.74) is 1.76. The predicted octanol–water partition coefficient (Wildman–Crippen LogP) is 3.84. The lowest BCUT2D eigenvalue weighted by Gasteiger charge is -2.11. The molecule has 24 heavy (non-hydrogen) atoms. The average Bonchev–Trinajstić information content (AvgIpc) is 2.55. The Balaban J connectivity index is 2.00. The smallest absolute Gasteiger partial charge is 0.338 e. The van der Waals surface area contributed by atoms with Crippen LogP contribution in [0.15, 0.2) is 42.5 Å². The van der Waals surface area contributed by atoms with Crippen LogP contribution in [0.5, 0.6) is 5.75 Å². The maximum absolute atomic E-state index is 12.0. The summed E-state index contributed by atoms with van der Waals surface area (Å²) in [5.74, 6) is -0.253. The van der Waals surface area contributed by atoms with E-state index in [4.69, 9.17) is 21.1 Å². The number of amides is 1. The van der Waals surface area contributed by atoms with Crippen molar-refractivity contribution in [1.29, 1.82) is 0 Å². The molecule has 0 fully saturated rings. The average molecular weight is 348 g/mol. The Morgan fingerprint density at radius 3 is 2.67 bits per heavy atom. The van der Waals surface area contributed by atoms with E-state index in [2.05, 4.69) is 5.32 Å². The third-order valence-electron chi connectivity index (χ3n) is 3.19. The van der Waals surface area contributed by atoms with Crippen molar-refractivity contribution in [2.45, 2.75) is 13.8 Å². The highest BCUT2D eigenvalue weighted by molar-refractivity contribution is 6.30. The van der Waals surface area contributed by atoms with Crippen molar-refractivity contribution in [3.63, 3.8) is 0 Å². The highest BCUT2D eigenvalue weighted by Gasteiger charge is 2.11. The number of ether oxygens (including phenoxy) is 2.